The molecule has 1 aromatic carbocycles. The van der Waals surface area contributed by atoms with Crippen LogP contribution in [0.2, 0.25) is 5.02 Å². The molecule has 0 aliphatic carbocycles. The first-order valence-electron chi connectivity index (χ1n) is 5.37. The number of thioether (sulfide) groups is 1. The molecule has 1 fully saturated rings. The van der Waals surface area contributed by atoms with Crippen molar-refractivity contribution in [3.8, 4) is 0 Å². The van der Waals surface area contributed by atoms with E-state index >= 15 is 0 Å². The van der Waals surface area contributed by atoms with Gasteiger partial charge in [-0.25, -0.2) is 0 Å². The lowest BCUT2D eigenvalue weighted by molar-refractivity contribution is 0.698. The molecule has 4 heteroatoms. The van der Waals surface area contributed by atoms with Gasteiger partial charge in [0.25, 0.3) is 0 Å². The predicted octanol–water partition coefficient (Wildman–Crippen LogP) is 4.18. The Bertz CT molecular complexity index is 366. The van der Waals surface area contributed by atoms with Crippen LogP contribution < -0.4 is 4.90 Å². The van der Waals surface area contributed by atoms with E-state index in [4.69, 9.17) is 11.6 Å². The minimum absolute atomic E-state index is 0.670. The molecule has 1 unspecified atom stereocenters. The lowest BCUT2D eigenvalue weighted by Gasteiger charge is -2.28. The number of halogens is 2. The van der Waals surface area contributed by atoms with E-state index in [1.807, 2.05) is 23.9 Å². The van der Waals surface area contributed by atoms with Crippen LogP contribution >= 0.6 is 39.3 Å². The van der Waals surface area contributed by atoms with Gasteiger partial charge in [-0.2, -0.15) is 11.8 Å². The molecule has 0 bridgehead atoms. The van der Waals surface area contributed by atoms with Gasteiger partial charge in [-0.15, -0.1) is 0 Å². The van der Waals surface area contributed by atoms with Crippen molar-refractivity contribution in [3.05, 3.63) is 28.8 Å². The summed E-state index contributed by atoms with van der Waals surface area (Å²) in [5, 5.41) is 1.67. The van der Waals surface area contributed by atoms with Crippen LogP contribution in [0.3, 0.4) is 0 Å². The normalized spacial score (nSPS) is 20.1. The highest BCUT2D eigenvalue weighted by molar-refractivity contribution is 9.08. The highest BCUT2D eigenvalue weighted by Gasteiger charge is 2.21. The maximum atomic E-state index is 6.02. The molecule has 0 N–H and O–H groups in total. The number of nitrogens with zero attached hydrogens (tertiary/aromatic N) is 1. The van der Waals surface area contributed by atoms with Crippen molar-refractivity contribution in [3.63, 3.8) is 0 Å². The van der Waals surface area contributed by atoms with E-state index in [1.165, 1.54) is 29.2 Å². The number of rotatable bonds is 3. The molecule has 1 nitrogen and oxygen atoms in total. The second kappa shape index (κ2) is 5.65. The third-order valence-electron chi connectivity index (χ3n) is 3.02. The molecule has 88 valence electrons. The Kier molecular flexibility index (Phi) is 4.45. The van der Waals surface area contributed by atoms with Crippen molar-refractivity contribution in [2.24, 2.45) is 0 Å². The fourth-order valence-electron chi connectivity index (χ4n) is 2.03. The monoisotopic (exact) mass is 319 g/mol. The minimum atomic E-state index is 0.670. The summed E-state index contributed by atoms with van der Waals surface area (Å²) >= 11 is 11.6. The molecule has 0 aromatic heterocycles. The summed E-state index contributed by atoms with van der Waals surface area (Å²) in [6.45, 7) is 0. The summed E-state index contributed by atoms with van der Waals surface area (Å²) in [6.07, 6.45) is 1.28. The molecule has 2 rings (SSSR count). The molecule has 0 amide bonds. The Morgan fingerprint density at radius 3 is 3.00 bits per heavy atom. The van der Waals surface area contributed by atoms with E-state index in [0.717, 1.165) is 10.4 Å². The number of anilines is 1. The van der Waals surface area contributed by atoms with Crippen LogP contribution in [0.15, 0.2) is 18.2 Å². The molecule has 1 aliphatic heterocycles. The molecule has 0 radical (unpaired) electrons. The van der Waals surface area contributed by atoms with E-state index in [0.29, 0.717) is 6.04 Å². The first-order chi connectivity index (χ1) is 7.72. The van der Waals surface area contributed by atoms with Crippen LogP contribution in [0.5, 0.6) is 0 Å². The SMILES string of the molecule is CN(c1ccc(Cl)cc1CBr)C1CCSC1. The van der Waals surface area contributed by atoms with Gasteiger partial charge in [-0.05, 0) is 35.9 Å². The second-order valence-electron chi connectivity index (χ2n) is 4.03. The van der Waals surface area contributed by atoms with E-state index in [2.05, 4.69) is 33.9 Å². The molecular weight excluding hydrogens is 306 g/mol. The molecule has 1 heterocycles. The van der Waals surface area contributed by atoms with Gasteiger partial charge in [0.1, 0.15) is 0 Å². The van der Waals surface area contributed by atoms with Gasteiger partial charge in [-0.3, -0.25) is 0 Å². The minimum Gasteiger partial charge on any atom is -0.371 e. The Labute approximate surface area is 115 Å². The largest absolute Gasteiger partial charge is 0.371 e. The van der Waals surface area contributed by atoms with Crippen LogP contribution in [-0.2, 0) is 5.33 Å². The standard InChI is InChI=1S/C12H15BrClNS/c1-15(11-4-5-16-8-11)12-3-2-10(14)6-9(12)7-13/h2-3,6,11H,4-5,7-8H2,1H3. The average molecular weight is 321 g/mol. The smallest absolute Gasteiger partial charge is 0.0410 e. The van der Waals surface area contributed by atoms with Crippen molar-refractivity contribution >= 4 is 45.0 Å². The summed E-state index contributed by atoms with van der Waals surface area (Å²) in [4.78, 5) is 2.40. The van der Waals surface area contributed by atoms with Crippen LogP contribution in [0.4, 0.5) is 5.69 Å². The highest BCUT2D eigenvalue weighted by Crippen LogP contribution is 2.30. The van der Waals surface area contributed by atoms with E-state index < -0.39 is 0 Å². The zero-order valence-corrected chi connectivity index (χ0v) is 12.4. The fourth-order valence-corrected chi connectivity index (χ4v) is 3.94. The summed E-state index contributed by atoms with van der Waals surface area (Å²) in [5.74, 6) is 2.52. The van der Waals surface area contributed by atoms with Gasteiger partial charge in [0.15, 0.2) is 0 Å². The first-order valence-corrected chi connectivity index (χ1v) is 8.02. The third kappa shape index (κ3) is 2.69. The average Bonchev–Trinajstić information content (AvgIpc) is 2.81. The number of hydrogen-bond donors (Lipinski definition) is 0. The van der Waals surface area contributed by atoms with Crippen LogP contribution in [-0.4, -0.2) is 24.6 Å². The number of hydrogen-bond acceptors (Lipinski definition) is 2. The van der Waals surface area contributed by atoms with Crippen molar-refractivity contribution in [1.82, 2.24) is 0 Å². The zero-order chi connectivity index (χ0) is 11.5. The van der Waals surface area contributed by atoms with Gasteiger partial charge in [0.05, 0.1) is 0 Å². The van der Waals surface area contributed by atoms with E-state index in [-0.39, 0.29) is 0 Å². The van der Waals surface area contributed by atoms with Gasteiger partial charge >= 0.3 is 0 Å². The third-order valence-corrected chi connectivity index (χ3v) is 5.00. The van der Waals surface area contributed by atoms with Crippen molar-refractivity contribution in [1.29, 1.82) is 0 Å². The summed E-state index contributed by atoms with van der Waals surface area (Å²) in [7, 11) is 2.19. The van der Waals surface area contributed by atoms with Crippen LogP contribution in [0.1, 0.15) is 12.0 Å². The van der Waals surface area contributed by atoms with Crippen molar-refractivity contribution < 1.29 is 0 Å². The van der Waals surface area contributed by atoms with Crippen LogP contribution in [0, 0.1) is 0 Å². The highest BCUT2D eigenvalue weighted by atomic mass is 79.9. The van der Waals surface area contributed by atoms with Gasteiger partial charge in [-0.1, -0.05) is 27.5 Å². The maximum absolute atomic E-state index is 6.02. The first kappa shape index (κ1) is 12.6. The van der Waals surface area contributed by atoms with Crippen molar-refractivity contribution in [2.75, 3.05) is 23.5 Å². The Morgan fingerprint density at radius 1 is 1.56 bits per heavy atom. The summed E-state index contributed by atoms with van der Waals surface area (Å²) in [6, 6.07) is 6.82. The Balaban J connectivity index is 2.24. The predicted molar refractivity (Wildman–Crippen MR) is 78.2 cm³/mol. The molecule has 1 saturated heterocycles. The molecule has 1 aliphatic rings. The Morgan fingerprint density at radius 2 is 2.38 bits per heavy atom. The summed E-state index contributed by atoms with van der Waals surface area (Å²) < 4.78 is 0. The lowest BCUT2D eigenvalue weighted by atomic mass is 10.1. The quantitative estimate of drug-likeness (QED) is 0.769. The molecule has 1 atom stereocenters. The topological polar surface area (TPSA) is 3.24 Å². The molecule has 0 saturated carbocycles. The zero-order valence-electron chi connectivity index (χ0n) is 9.25. The molecule has 1 aromatic rings. The second-order valence-corrected chi connectivity index (χ2v) is 6.18. The van der Waals surface area contributed by atoms with Crippen LogP contribution in [0.25, 0.3) is 0 Å². The van der Waals surface area contributed by atoms with E-state index in [9.17, 15) is 0 Å². The summed E-state index contributed by atoms with van der Waals surface area (Å²) in [5.41, 5.74) is 2.57. The molecule has 16 heavy (non-hydrogen) atoms. The van der Waals surface area contributed by atoms with Gasteiger partial charge < -0.3 is 4.90 Å². The number of benzene rings is 1. The maximum Gasteiger partial charge on any atom is 0.0410 e. The Hall–Kier alpha value is 0.140. The van der Waals surface area contributed by atoms with Crippen molar-refractivity contribution in [2.45, 2.75) is 17.8 Å². The molecule has 0 spiro atoms. The van der Waals surface area contributed by atoms with Gasteiger partial charge in [0.2, 0.25) is 0 Å². The number of alkyl halides is 1. The van der Waals surface area contributed by atoms with E-state index in [1.54, 1.807) is 0 Å². The lowest BCUT2D eigenvalue weighted by Crippen LogP contribution is -2.31. The fraction of sp³-hybridized carbons (Fsp3) is 0.500. The molecular formula is C12H15BrClNS. The van der Waals surface area contributed by atoms with Gasteiger partial charge in [0, 0.05) is 34.9 Å².